The molecule has 7 heteroatoms. The van der Waals surface area contributed by atoms with Crippen molar-refractivity contribution in [2.45, 2.75) is 32.1 Å². The summed E-state index contributed by atoms with van der Waals surface area (Å²) < 4.78 is 28.1. The number of carbonyl (C=O) groups excluding carboxylic acids is 1. The van der Waals surface area contributed by atoms with Gasteiger partial charge in [0.1, 0.15) is 0 Å². The predicted molar refractivity (Wildman–Crippen MR) is 127 cm³/mol. The molecule has 2 aromatic rings. The highest BCUT2D eigenvalue weighted by molar-refractivity contribution is 7.89. The van der Waals surface area contributed by atoms with Crippen molar-refractivity contribution in [3.05, 3.63) is 59.7 Å². The van der Waals surface area contributed by atoms with Crippen molar-refractivity contribution < 1.29 is 13.2 Å². The van der Waals surface area contributed by atoms with Crippen molar-refractivity contribution in [3.63, 3.8) is 0 Å². The summed E-state index contributed by atoms with van der Waals surface area (Å²) >= 11 is 0. The second kappa shape index (κ2) is 9.24. The molecule has 172 valence electrons. The zero-order valence-electron chi connectivity index (χ0n) is 19.2. The maximum Gasteiger partial charge on any atom is 0.254 e. The predicted octanol–water partition coefficient (Wildman–Crippen LogP) is 3.62. The Hall–Kier alpha value is -2.38. The average molecular weight is 456 g/mol. The van der Waals surface area contributed by atoms with Gasteiger partial charge in [-0.1, -0.05) is 38.1 Å². The Bertz CT molecular complexity index is 1070. The number of rotatable bonds is 4. The molecule has 2 atom stereocenters. The molecule has 2 aliphatic rings. The molecule has 0 bridgehead atoms. The summed E-state index contributed by atoms with van der Waals surface area (Å²) in [5, 5.41) is 0. The van der Waals surface area contributed by atoms with Gasteiger partial charge in [0.2, 0.25) is 10.0 Å². The Kier molecular flexibility index (Phi) is 6.58. The van der Waals surface area contributed by atoms with Gasteiger partial charge in [-0.05, 0) is 55.0 Å². The quantitative estimate of drug-likeness (QED) is 0.707. The van der Waals surface area contributed by atoms with Crippen LogP contribution in [-0.2, 0) is 10.0 Å². The number of hydrogen-bond acceptors (Lipinski definition) is 4. The fraction of sp³-hybridized carbons (Fsp3) is 0.480. The van der Waals surface area contributed by atoms with E-state index in [2.05, 4.69) is 37.8 Å². The van der Waals surface area contributed by atoms with Crippen molar-refractivity contribution in [2.24, 2.45) is 11.8 Å². The summed E-state index contributed by atoms with van der Waals surface area (Å²) in [7, 11) is -3.61. The number of carbonyl (C=O) groups is 1. The molecule has 2 saturated heterocycles. The second-order valence-electron chi connectivity index (χ2n) is 9.36. The molecule has 6 nitrogen and oxygen atoms in total. The van der Waals surface area contributed by atoms with Gasteiger partial charge in [0, 0.05) is 50.5 Å². The molecule has 0 spiro atoms. The van der Waals surface area contributed by atoms with Crippen molar-refractivity contribution in [1.82, 2.24) is 9.21 Å². The summed E-state index contributed by atoms with van der Waals surface area (Å²) in [5.41, 5.74) is 2.87. The van der Waals surface area contributed by atoms with E-state index in [0.717, 1.165) is 19.5 Å². The van der Waals surface area contributed by atoms with Gasteiger partial charge in [-0.25, -0.2) is 8.42 Å². The van der Waals surface area contributed by atoms with Crippen LogP contribution in [0, 0.1) is 18.8 Å². The number of piperidine rings is 1. The minimum atomic E-state index is -3.61. The topological polar surface area (TPSA) is 60.9 Å². The van der Waals surface area contributed by atoms with Crippen molar-refractivity contribution in [3.8, 4) is 0 Å². The Balaban J connectivity index is 1.47. The molecule has 0 saturated carbocycles. The number of sulfonamides is 1. The van der Waals surface area contributed by atoms with Gasteiger partial charge in [0.15, 0.2) is 0 Å². The first-order valence-electron chi connectivity index (χ1n) is 11.5. The Morgan fingerprint density at radius 2 is 1.56 bits per heavy atom. The zero-order chi connectivity index (χ0) is 22.9. The highest BCUT2D eigenvalue weighted by Gasteiger charge is 2.32. The lowest BCUT2D eigenvalue weighted by Gasteiger charge is -2.37. The van der Waals surface area contributed by atoms with Crippen molar-refractivity contribution >= 4 is 21.6 Å². The minimum Gasteiger partial charge on any atom is -0.368 e. The number of anilines is 1. The van der Waals surface area contributed by atoms with Gasteiger partial charge >= 0.3 is 0 Å². The van der Waals surface area contributed by atoms with Crippen LogP contribution in [0.25, 0.3) is 0 Å². The molecule has 0 radical (unpaired) electrons. The van der Waals surface area contributed by atoms with Crippen LogP contribution in [0.5, 0.6) is 0 Å². The van der Waals surface area contributed by atoms with Crippen LogP contribution in [0.4, 0.5) is 5.69 Å². The van der Waals surface area contributed by atoms with E-state index in [-0.39, 0.29) is 10.8 Å². The number of benzene rings is 2. The molecule has 2 heterocycles. The SMILES string of the molecule is Cc1ccccc1N1CCN(C(=O)c2cccc(S(=O)(=O)N3CC(C)CC(C)C3)c2)CC1. The molecule has 2 aliphatic heterocycles. The summed E-state index contributed by atoms with van der Waals surface area (Å²) in [5.74, 6) is 0.567. The minimum absolute atomic E-state index is 0.105. The molecule has 32 heavy (non-hydrogen) atoms. The van der Waals surface area contributed by atoms with E-state index < -0.39 is 10.0 Å². The highest BCUT2D eigenvalue weighted by Crippen LogP contribution is 2.27. The van der Waals surface area contributed by atoms with E-state index in [4.69, 9.17) is 0 Å². The molecule has 2 unspecified atom stereocenters. The maximum absolute atomic E-state index is 13.3. The monoisotopic (exact) mass is 455 g/mol. The van der Waals surface area contributed by atoms with Crippen LogP contribution in [0.15, 0.2) is 53.4 Å². The average Bonchev–Trinajstić information content (AvgIpc) is 2.78. The van der Waals surface area contributed by atoms with E-state index >= 15 is 0 Å². The molecule has 2 aromatic carbocycles. The number of aryl methyl sites for hydroxylation is 1. The largest absolute Gasteiger partial charge is 0.368 e. The van der Waals surface area contributed by atoms with E-state index in [9.17, 15) is 13.2 Å². The van der Waals surface area contributed by atoms with Crippen LogP contribution >= 0.6 is 0 Å². The van der Waals surface area contributed by atoms with Crippen molar-refractivity contribution in [2.75, 3.05) is 44.2 Å². The third-order valence-electron chi connectivity index (χ3n) is 6.58. The van der Waals surface area contributed by atoms with Gasteiger partial charge in [-0.3, -0.25) is 4.79 Å². The maximum atomic E-state index is 13.3. The normalized spacial score (nSPS) is 22.7. The molecule has 2 fully saturated rings. The number of nitrogens with zero attached hydrogens (tertiary/aromatic N) is 3. The van der Waals surface area contributed by atoms with E-state index in [1.165, 1.54) is 11.3 Å². The first-order chi connectivity index (χ1) is 15.3. The first-order valence-corrected chi connectivity index (χ1v) is 12.9. The summed E-state index contributed by atoms with van der Waals surface area (Å²) in [6.07, 6.45) is 1.04. The van der Waals surface area contributed by atoms with E-state index in [1.54, 1.807) is 28.6 Å². The van der Waals surface area contributed by atoms with Crippen LogP contribution < -0.4 is 4.90 Å². The fourth-order valence-corrected chi connectivity index (χ4v) is 6.72. The van der Waals surface area contributed by atoms with Gasteiger partial charge in [0.05, 0.1) is 4.90 Å². The van der Waals surface area contributed by atoms with E-state index in [1.807, 2.05) is 17.0 Å². The standard InChI is InChI=1S/C25H33N3O3S/c1-19-15-20(2)18-28(17-19)32(30,31)23-9-6-8-22(16-23)25(29)27-13-11-26(12-14-27)24-10-5-4-7-21(24)3/h4-10,16,19-20H,11-15,17-18H2,1-3H3. The lowest BCUT2D eigenvalue weighted by atomic mass is 9.94. The summed E-state index contributed by atoms with van der Waals surface area (Å²) in [6.45, 7) is 10.1. The van der Waals surface area contributed by atoms with Gasteiger partial charge in [0.25, 0.3) is 5.91 Å². The zero-order valence-corrected chi connectivity index (χ0v) is 20.0. The lowest BCUT2D eigenvalue weighted by Crippen LogP contribution is -2.49. The van der Waals surface area contributed by atoms with Crippen LogP contribution in [-0.4, -0.2) is 62.8 Å². The number of piperazine rings is 1. The number of hydrogen-bond donors (Lipinski definition) is 0. The lowest BCUT2D eigenvalue weighted by molar-refractivity contribution is 0.0746. The third-order valence-corrected chi connectivity index (χ3v) is 8.40. The molecule has 4 rings (SSSR count). The highest BCUT2D eigenvalue weighted by atomic mass is 32.2. The fourth-order valence-electron chi connectivity index (χ4n) is 4.99. The molecule has 0 N–H and O–H groups in total. The molecular weight excluding hydrogens is 422 g/mol. The summed E-state index contributed by atoms with van der Waals surface area (Å²) in [4.78, 5) is 17.5. The molecule has 0 aromatic heterocycles. The van der Waals surface area contributed by atoms with Gasteiger partial charge in [-0.15, -0.1) is 0 Å². The molecular formula is C25H33N3O3S. The summed E-state index contributed by atoms with van der Waals surface area (Å²) in [6, 6.07) is 14.8. The molecule has 0 aliphatic carbocycles. The van der Waals surface area contributed by atoms with Crippen LogP contribution in [0.1, 0.15) is 36.2 Å². The smallest absolute Gasteiger partial charge is 0.254 e. The Morgan fingerprint density at radius 3 is 2.22 bits per heavy atom. The number of amides is 1. The Morgan fingerprint density at radius 1 is 0.906 bits per heavy atom. The van der Waals surface area contributed by atoms with Crippen LogP contribution in [0.2, 0.25) is 0 Å². The van der Waals surface area contributed by atoms with E-state index in [0.29, 0.717) is 43.6 Å². The third kappa shape index (κ3) is 4.69. The molecule has 1 amide bonds. The van der Waals surface area contributed by atoms with Crippen molar-refractivity contribution in [1.29, 1.82) is 0 Å². The second-order valence-corrected chi connectivity index (χ2v) is 11.3. The first kappa shape index (κ1) is 22.8. The Labute approximate surface area is 191 Å². The number of para-hydroxylation sites is 1. The van der Waals surface area contributed by atoms with Gasteiger partial charge in [-0.2, -0.15) is 4.31 Å². The van der Waals surface area contributed by atoms with Gasteiger partial charge < -0.3 is 9.80 Å². The van der Waals surface area contributed by atoms with Crippen LogP contribution in [0.3, 0.4) is 0 Å².